The number of benzene rings is 1. The van der Waals surface area contributed by atoms with Crippen LogP contribution in [0.15, 0.2) is 30.3 Å². The van der Waals surface area contributed by atoms with Crippen LogP contribution in [0.5, 0.6) is 0 Å². The second-order valence-corrected chi connectivity index (χ2v) is 7.80. The van der Waals surface area contributed by atoms with Gasteiger partial charge in [0.15, 0.2) is 0 Å². The molecule has 226 valence electrons. The third-order valence-corrected chi connectivity index (χ3v) is 4.71. The Balaban J connectivity index is 1.65. The predicted molar refractivity (Wildman–Crippen MR) is 143 cm³/mol. The summed E-state index contributed by atoms with van der Waals surface area (Å²) in [5.41, 5.74) is 5.85. The average Bonchev–Trinajstić information content (AvgIpc) is 2.96. The zero-order valence-corrected chi connectivity index (χ0v) is 23.1. The number of carbonyl (C=O) groups excluding carboxylic acids is 1. The van der Waals surface area contributed by atoms with Crippen LogP contribution < -0.4 is 5.73 Å². The van der Waals surface area contributed by atoms with Gasteiger partial charge in [-0.25, -0.2) is 4.79 Å². The molecule has 0 aromatic heterocycles. The van der Waals surface area contributed by atoms with Gasteiger partial charge in [0.1, 0.15) is 6.61 Å². The summed E-state index contributed by atoms with van der Waals surface area (Å²) in [5.74, 6) is -0.355. The monoisotopic (exact) mass is 561 g/mol. The van der Waals surface area contributed by atoms with Crippen molar-refractivity contribution in [1.29, 1.82) is 0 Å². The van der Waals surface area contributed by atoms with E-state index in [-0.39, 0.29) is 12.6 Å². The Kier molecular flexibility index (Phi) is 26.5. The molecule has 0 saturated heterocycles. The van der Waals surface area contributed by atoms with Crippen LogP contribution in [0.2, 0.25) is 0 Å². The van der Waals surface area contributed by atoms with Crippen molar-refractivity contribution in [1.82, 2.24) is 0 Å². The van der Waals surface area contributed by atoms with Gasteiger partial charge < -0.3 is 53.1 Å². The highest BCUT2D eigenvalue weighted by Crippen LogP contribution is 2.00. The molecule has 12 heteroatoms. The van der Waals surface area contributed by atoms with E-state index in [9.17, 15) is 4.79 Å². The molecule has 0 spiro atoms. The van der Waals surface area contributed by atoms with Gasteiger partial charge in [-0.3, -0.25) is 0 Å². The zero-order chi connectivity index (χ0) is 27.9. The summed E-state index contributed by atoms with van der Waals surface area (Å²) in [6.07, 6.45) is 0. The third kappa shape index (κ3) is 25.0. The molecular weight excluding hydrogens is 514 g/mol. The van der Waals surface area contributed by atoms with Crippen molar-refractivity contribution < 1.29 is 52.2 Å². The highest BCUT2D eigenvalue weighted by Gasteiger charge is 2.05. The number of ether oxygens (including phenoxy) is 10. The molecule has 0 heterocycles. The van der Waals surface area contributed by atoms with Crippen molar-refractivity contribution in [3.8, 4) is 0 Å². The Morgan fingerprint density at radius 2 is 0.718 bits per heavy atom. The fraction of sp³-hybridized carbons (Fsp3) is 0.741. The fourth-order valence-electron chi connectivity index (χ4n) is 2.80. The molecule has 0 aliphatic carbocycles. The summed E-state index contributed by atoms with van der Waals surface area (Å²) in [7, 11) is 0. The molecule has 0 aliphatic rings. The predicted octanol–water partition coefficient (Wildman–Crippen LogP) is 0.952. The van der Waals surface area contributed by atoms with Crippen LogP contribution in [0.4, 0.5) is 0 Å². The first-order chi connectivity index (χ1) is 19.3. The lowest BCUT2D eigenvalue weighted by atomic mass is 10.2. The van der Waals surface area contributed by atoms with Crippen molar-refractivity contribution in [2.24, 2.45) is 5.73 Å². The van der Waals surface area contributed by atoms with Gasteiger partial charge in [-0.1, -0.05) is 18.2 Å². The van der Waals surface area contributed by atoms with Crippen LogP contribution in [0, 0.1) is 0 Å². The van der Waals surface area contributed by atoms with Crippen molar-refractivity contribution in [2.45, 2.75) is 0 Å². The maximum atomic E-state index is 11.8. The van der Waals surface area contributed by atoms with Gasteiger partial charge in [0, 0.05) is 6.54 Å². The molecule has 0 atom stereocenters. The van der Waals surface area contributed by atoms with E-state index in [4.69, 9.17) is 53.1 Å². The van der Waals surface area contributed by atoms with Gasteiger partial charge in [-0.2, -0.15) is 0 Å². The zero-order valence-electron chi connectivity index (χ0n) is 23.1. The Morgan fingerprint density at radius 3 is 1.03 bits per heavy atom. The van der Waals surface area contributed by atoms with Crippen LogP contribution in [0.25, 0.3) is 0 Å². The van der Waals surface area contributed by atoms with Crippen LogP contribution >= 0.6 is 0 Å². The van der Waals surface area contributed by atoms with E-state index in [1.54, 1.807) is 24.3 Å². The van der Waals surface area contributed by atoms with Crippen molar-refractivity contribution in [2.75, 3.05) is 132 Å². The molecule has 12 nitrogen and oxygen atoms in total. The smallest absolute Gasteiger partial charge is 0.338 e. The van der Waals surface area contributed by atoms with Crippen molar-refractivity contribution in [3.63, 3.8) is 0 Å². The van der Waals surface area contributed by atoms with E-state index < -0.39 is 0 Å². The normalized spacial score (nSPS) is 11.2. The topological polar surface area (TPSA) is 135 Å². The second-order valence-electron chi connectivity index (χ2n) is 7.80. The van der Waals surface area contributed by atoms with E-state index in [0.717, 1.165) is 0 Å². The highest BCUT2D eigenvalue weighted by atomic mass is 16.6. The van der Waals surface area contributed by atoms with Crippen molar-refractivity contribution in [3.05, 3.63) is 35.9 Å². The lowest BCUT2D eigenvalue weighted by molar-refractivity contribution is -0.0258. The molecule has 0 saturated carbocycles. The Hall–Kier alpha value is -1.71. The fourth-order valence-corrected chi connectivity index (χ4v) is 2.80. The van der Waals surface area contributed by atoms with E-state index in [0.29, 0.717) is 131 Å². The highest BCUT2D eigenvalue weighted by molar-refractivity contribution is 5.89. The van der Waals surface area contributed by atoms with Crippen LogP contribution in [-0.4, -0.2) is 138 Å². The molecule has 0 fully saturated rings. The Morgan fingerprint density at radius 1 is 0.436 bits per heavy atom. The van der Waals surface area contributed by atoms with Gasteiger partial charge in [-0.05, 0) is 12.1 Å². The first-order valence-corrected chi connectivity index (χ1v) is 13.5. The van der Waals surface area contributed by atoms with Crippen LogP contribution in [0.3, 0.4) is 0 Å². The van der Waals surface area contributed by atoms with Crippen LogP contribution in [-0.2, 0) is 47.4 Å². The minimum absolute atomic E-state index is 0.204. The number of nitrogens with two attached hydrogens (primary N) is 1. The number of rotatable bonds is 30. The largest absolute Gasteiger partial charge is 0.460 e. The van der Waals surface area contributed by atoms with Gasteiger partial charge in [0.05, 0.1) is 124 Å². The molecule has 39 heavy (non-hydrogen) atoms. The average molecular weight is 562 g/mol. The molecule has 0 aliphatic heterocycles. The molecule has 0 radical (unpaired) electrons. The summed E-state index contributed by atoms with van der Waals surface area (Å²) in [4.78, 5) is 11.8. The summed E-state index contributed by atoms with van der Waals surface area (Å²) in [6, 6.07) is 8.85. The molecular formula is C27H47NO11. The first-order valence-electron chi connectivity index (χ1n) is 13.5. The van der Waals surface area contributed by atoms with Gasteiger partial charge in [0.2, 0.25) is 0 Å². The number of carbonyl (C=O) groups is 1. The second kappa shape index (κ2) is 29.3. The van der Waals surface area contributed by atoms with Gasteiger partial charge in [-0.15, -0.1) is 0 Å². The molecule has 1 aromatic rings. The van der Waals surface area contributed by atoms with Crippen LogP contribution in [0.1, 0.15) is 10.4 Å². The lowest BCUT2D eigenvalue weighted by Crippen LogP contribution is -2.16. The number of hydrogen-bond acceptors (Lipinski definition) is 12. The molecule has 0 amide bonds. The van der Waals surface area contributed by atoms with Crippen molar-refractivity contribution >= 4 is 5.97 Å². The SMILES string of the molecule is NCCOCCOCCOCCOCCOCCOCCOCCOCCOCCOC(=O)c1ccccc1. The summed E-state index contributed by atoms with van der Waals surface area (Å²) in [5, 5.41) is 0. The van der Waals surface area contributed by atoms with E-state index >= 15 is 0 Å². The van der Waals surface area contributed by atoms with E-state index in [2.05, 4.69) is 0 Å². The minimum atomic E-state index is -0.355. The minimum Gasteiger partial charge on any atom is -0.460 e. The quantitative estimate of drug-likeness (QED) is 0.106. The summed E-state index contributed by atoms with van der Waals surface area (Å²) in [6.45, 7) is 9.60. The third-order valence-electron chi connectivity index (χ3n) is 4.71. The standard InChI is InChI=1S/C27H47NO11/c28-6-7-30-8-9-31-10-11-32-12-13-33-14-15-34-16-17-35-18-19-36-20-21-37-22-23-38-24-25-39-27(29)26-4-2-1-3-5-26/h1-5H,6-25,28H2. The molecule has 0 bridgehead atoms. The summed E-state index contributed by atoms with van der Waals surface area (Å²) < 4.78 is 53.6. The first kappa shape index (κ1) is 35.3. The van der Waals surface area contributed by atoms with E-state index in [1.165, 1.54) is 0 Å². The molecule has 0 unspecified atom stereocenters. The van der Waals surface area contributed by atoms with Gasteiger partial charge in [0.25, 0.3) is 0 Å². The Labute approximate surface area is 232 Å². The molecule has 1 rings (SSSR count). The molecule has 2 N–H and O–H groups in total. The number of esters is 1. The molecule has 1 aromatic carbocycles. The summed E-state index contributed by atoms with van der Waals surface area (Å²) >= 11 is 0. The Bertz CT molecular complexity index is 639. The number of hydrogen-bond donors (Lipinski definition) is 1. The maximum absolute atomic E-state index is 11.8. The van der Waals surface area contributed by atoms with Gasteiger partial charge >= 0.3 is 5.97 Å². The lowest BCUT2D eigenvalue weighted by Gasteiger charge is -2.09. The van der Waals surface area contributed by atoms with E-state index in [1.807, 2.05) is 6.07 Å². The maximum Gasteiger partial charge on any atom is 0.338 e.